The fourth-order valence-corrected chi connectivity index (χ4v) is 3.96. The summed E-state index contributed by atoms with van der Waals surface area (Å²) in [6.45, 7) is 4.06. The molecule has 3 heteroatoms. The molecule has 1 amide bonds. The van der Waals surface area contributed by atoms with Gasteiger partial charge in [-0.05, 0) is 42.0 Å². The first kappa shape index (κ1) is 17.1. The number of hydrogen-bond acceptors (Lipinski definition) is 2. The van der Waals surface area contributed by atoms with E-state index in [1.807, 2.05) is 34.9 Å². The van der Waals surface area contributed by atoms with Crippen molar-refractivity contribution in [3.8, 4) is 0 Å². The molecule has 0 bridgehead atoms. The van der Waals surface area contributed by atoms with E-state index in [1.54, 1.807) is 0 Å². The van der Waals surface area contributed by atoms with E-state index >= 15 is 0 Å². The van der Waals surface area contributed by atoms with Crippen LogP contribution in [-0.2, 0) is 11.5 Å². The third-order valence-corrected chi connectivity index (χ3v) is 5.73. The van der Waals surface area contributed by atoms with Gasteiger partial charge in [0.05, 0.1) is 0 Å². The summed E-state index contributed by atoms with van der Waals surface area (Å²) in [4.78, 5) is 14.5. The van der Waals surface area contributed by atoms with Crippen LogP contribution < -0.4 is 0 Å². The number of likely N-dealkylation sites (tertiary alicyclic amines) is 1. The van der Waals surface area contributed by atoms with E-state index in [9.17, 15) is 4.79 Å². The smallest absolute Gasteiger partial charge is 0.253 e. The Labute approximate surface area is 149 Å². The van der Waals surface area contributed by atoms with Crippen molar-refractivity contribution in [2.24, 2.45) is 5.92 Å². The van der Waals surface area contributed by atoms with Gasteiger partial charge in [0.15, 0.2) is 0 Å². The van der Waals surface area contributed by atoms with Gasteiger partial charge < -0.3 is 4.90 Å². The molecule has 0 saturated carbocycles. The number of thioether (sulfide) groups is 1. The largest absolute Gasteiger partial charge is 0.339 e. The van der Waals surface area contributed by atoms with E-state index < -0.39 is 0 Å². The zero-order chi connectivity index (χ0) is 16.8. The predicted octanol–water partition coefficient (Wildman–Crippen LogP) is 4.99. The van der Waals surface area contributed by atoms with Crippen molar-refractivity contribution < 1.29 is 4.79 Å². The highest BCUT2D eigenvalue weighted by Crippen LogP contribution is 2.20. The molecule has 0 atom stereocenters. The molecule has 0 unspecified atom stereocenters. The van der Waals surface area contributed by atoms with Crippen LogP contribution in [0.3, 0.4) is 0 Å². The van der Waals surface area contributed by atoms with Gasteiger partial charge in [0.25, 0.3) is 5.91 Å². The summed E-state index contributed by atoms with van der Waals surface area (Å²) in [5.74, 6) is 2.93. The fourth-order valence-electron chi connectivity index (χ4n) is 3.00. The number of hydrogen-bond donors (Lipinski definition) is 0. The highest BCUT2D eigenvalue weighted by atomic mass is 32.2. The van der Waals surface area contributed by atoms with Crippen LogP contribution in [-0.4, -0.2) is 23.9 Å². The number of rotatable bonds is 5. The summed E-state index contributed by atoms with van der Waals surface area (Å²) in [5, 5.41) is 0. The molecule has 0 radical (unpaired) electrons. The van der Waals surface area contributed by atoms with Crippen LogP contribution in [0, 0.1) is 5.92 Å². The molecular formula is C21H25NOS. The number of carbonyl (C=O) groups is 1. The van der Waals surface area contributed by atoms with E-state index in [0.717, 1.165) is 48.9 Å². The number of benzene rings is 2. The van der Waals surface area contributed by atoms with Crippen molar-refractivity contribution in [1.29, 1.82) is 0 Å². The first-order chi connectivity index (χ1) is 11.7. The third-order valence-electron chi connectivity index (χ3n) is 4.65. The van der Waals surface area contributed by atoms with Crippen LogP contribution in [0.4, 0.5) is 0 Å². The van der Waals surface area contributed by atoms with E-state index in [1.165, 1.54) is 11.1 Å². The monoisotopic (exact) mass is 339 g/mol. The lowest BCUT2D eigenvalue weighted by Gasteiger charge is -2.30. The summed E-state index contributed by atoms with van der Waals surface area (Å²) in [6, 6.07) is 18.7. The molecule has 0 aliphatic carbocycles. The molecule has 1 aliphatic rings. The van der Waals surface area contributed by atoms with Crippen molar-refractivity contribution in [3.63, 3.8) is 0 Å². The number of nitrogens with zero attached hydrogens (tertiary/aromatic N) is 1. The molecule has 3 rings (SSSR count). The molecular weight excluding hydrogens is 314 g/mol. The zero-order valence-corrected chi connectivity index (χ0v) is 15.1. The van der Waals surface area contributed by atoms with Crippen LogP contribution in [0.15, 0.2) is 54.6 Å². The Hall–Kier alpha value is -1.74. The SMILES string of the molecule is CC1CCN(C(=O)c2ccc(CSCc3ccccc3)cc2)CC1. The van der Waals surface area contributed by atoms with Crippen LogP contribution in [0.25, 0.3) is 0 Å². The molecule has 24 heavy (non-hydrogen) atoms. The summed E-state index contributed by atoms with van der Waals surface area (Å²) in [7, 11) is 0. The number of amides is 1. The molecule has 1 fully saturated rings. The maximum absolute atomic E-state index is 12.5. The Balaban J connectivity index is 1.50. The summed E-state index contributed by atoms with van der Waals surface area (Å²) in [6.07, 6.45) is 2.25. The van der Waals surface area contributed by atoms with Gasteiger partial charge >= 0.3 is 0 Å². The van der Waals surface area contributed by atoms with Crippen LogP contribution in [0.2, 0.25) is 0 Å². The van der Waals surface area contributed by atoms with Crippen LogP contribution in [0.1, 0.15) is 41.3 Å². The van der Waals surface area contributed by atoms with E-state index in [-0.39, 0.29) is 5.91 Å². The molecule has 0 spiro atoms. The average molecular weight is 340 g/mol. The molecule has 1 aliphatic heterocycles. The third kappa shape index (κ3) is 4.64. The Morgan fingerprint density at radius 2 is 1.54 bits per heavy atom. The van der Waals surface area contributed by atoms with Crippen molar-refractivity contribution >= 4 is 17.7 Å². The Kier molecular flexibility index (Phi) is 5.97. The number of carbonyl (C=O) groups excluding carboxylic acids is 1. The zero-order valence-electron chi connectivity index (χ0n) is 14.3. The first-order valence-electron chi connectivity index (χ1n) is 8.72. The summed E-state index contributed by atoms with van der Waals surface area (Å²) in [5.41, 5.74) is 3.45. The minimum absolute atomic E-state index is 0.186. The van der Waals surface area contributed by atoms with Crippen molar-refractivity contribution in [3.05, 3.63) is 71.3 Å². The normalized spacial score (nSPS) is 15.5. The van der Waals surface area contributed by atoms with Crippen LogP contribution >= 0.6 is 11.8 Å². The second-order valence-corrected chi connectivity index (χ2v) is 7.64. The lowest BCUT2D eigenvalue weighted by atomic mass is 9.98. The molecule has 126 valence electrons. The standard InChI is InChI=1S/C21H25NOS/c1-17-11-13-22(14-12-17)21(23)20-9-7-19(8-10-20)16-24-15-18-5-3-2-4-6-18/h2-10,17H,11-16H2,1H3. The maximum Gasteiger partial charge on any atom is 0.253 e. The maximum atomic E-state index is 12.5. The molecule has 0 aromatic heterocycles. The lowest BCUT2D eigenvalue weighted by molar-refractivity contribution is 0.0697. The molecule has 2 aromatic rings. The second-order valence-electron chi connectivity index (χ2n) is 6.65. The fraction of sp³-hybridized carbons (Fsp3) is 0.381. The van der Waals surface area contributed by atoms with Crippen LogP contribution in [0.5, 0.6) is 0 Å². The van der Waals surface area contributed by atoms with Gasteiger partial charge in [0.2, 0.25) is 0 Å². The number of piperidine rings is 1. The van der Waals surface area contributed by atoms with Gasteiger partial charge in [-0.25, -0.2) is 0 Å². The van der Waals surface area contributed by atoms with Gasteiger partial charge in [-0.15, -0.1) is 0 Å². The quantitative estimate of drug-likeness (QED) is 0.764. The lowest BCUT2D eigenvalue weighted by Crippen LogP contribution is -2.37. The average Bonchev–Trinajstić information content (AvgIpc) is 2.63. The second kappa shape index (κ2) is 8.39. The van der Waals surface area contributed by atoms with Gasteiger partial charge in [-0.2, -0.15) is 11.8 Å². The summed E-state index contributed by atoms with van der Waals surface area (Å²) < 4.78 is 0. The van der Waals surface area contributed by atoms with Gasteiger partial charge in [-0.1, -0.05) is 49.4 Å². The minimum Gasteiger partial charge on any atom is -0.339 e. The summed E-state index contributed by atoms with van der Waals surface area (Å²) >= 11 is 1.91. The van der Waals surface area contributed by atoms with Gasteiger partial charge in [0, 0.05) is 30.2 Å². The highest BCUT2D eigenvalue weighted by Gasteiger charge is 2.21. The topological polar surface area (TPSA) is 20.3 Å². The molecule has 1 saturated heterocycles. The Morgan fingerprint density at radius 1 is 0.958 bits per heavy atom. The van der Waals surface area contributed by atoms with Gasteiger partial charge in [0.1, 0.15) is 0 Å². The van der Waals surface area contributed by atoms with Crippen molar-refractivity contribution in [1.82, 2.24) is 4.90 Å². The van der Waals surface area contributed by atoms with Crippen molar-refractivity contribution in [2.45, 2.75) is 31.3 Å². The van der Waals surface area contributed by atoms with E-state index in [0.29, 0.717) is 0 Å². The Morgan fingerprint density at radius 3 is 2.17 bits per heavy atom. The highest BCUT2D eigenvalue weighted by molar-refractivity contribution is 7.97. The molecule has 2 nitrogen and oxygen atoms in total. The Bertz CT molecular complexity index is 645. The van der Waals surface area contributed by atoms with E-state index in [2.05, 4.69) is 43.3 Å². The molecule has 2 aromatic carbocycles. The molecule has 1 heterocycles. The van der Waals surface area contributed by atoms with Gasteiger partial charge in [-0.3, -0.25) is 4.79 Å². The van der Waals surface area contributed by atoms with Crippen molar-refractivity contribution in [2.75, 3.05) is 13.1 Å². The van der Waals surface area contributed by atoms with E-state index in [4.69, 9.17) is 0 Å². The first-order valence-corrected chi connectivity index (χ1v) is 9.88. The molecule has 0 N–H and O–H groups in total. The minimum atomic E-state index is 0.186. The predicted molar refractivity (Wildman–Crippen MR) is 102 cm³/mol.